The van der Waals surface area contributed by atoms with Gasteiger partial charge in [-0.05, 0) is 37.0 Å². The topological polar surface area (TPSA) is 58.2 Å². The lowest BCUT2D eigenvalue weighted by atomic mass is 10.1. The first-order chi connectivity index (χ1) is 10.6. The first kappa shape index (κ1) is 18.7. The molecule has 22 heavy (non-hydrogen) atoms. The highest BCUT2D eigenvalue weighted by molar-refractivity contribution is 9.10. The van der Waals surface area contributed by atoms with E-state index in [0.29, 0.717) is 6.54 Å². The van der Waals surface area contributed by atoms with Gasteiger partial charge in [-0.3, -0.25) is 9.59 Å². The summed E-state index contributed by atoms with van der Waals surface area (Å²) in [4.78, 5) is 23.2. The number of rotatable bonds is 9. The van der Waals surface area contributed by atoms with Crippen molar-refractivity contribution in [2.75, 3.05) is 11.9 Å². The normalized spacial score (nSPS) is 11.8. The van der Waals surface area contributed by atoms with Crippen molar-refractivity contribution in [2.24, 2.45) is 0 Å². The number of carbonyl (C=O) groups excluding carboxylic acids is 2. The Bertz CT molecular complexity index is 474. The van der Waals surface area contributed by atoms with Crippen molar-refractivity contribution in [2.45, 2.75) is 50.8 Å². The number of hydrogen-bond donors (Lipinski definition) is 2. The van der Waals surface area contributed by atoms with Crippen LogP contribution in [0.3, 0.4) is 0 Å². The van der Waals surface area contributed by atoms with Crippen LogP contribution in [0.15, 0.2) is 24.3 Å². The van der Waals surface area contributed by atoms with Crippen molar-refractivity contribution in [3.05, 3.63) is 29.8 Å². The molecule has 0 saturated carbocycles. The second kappa shape index (κ2) is 10.4. The van der Waals surface area contributed by atoms with Gasteiger partial charge in [0.15, 0.2) is 0 Å². The lowest BCUT2D eigenvalue weighted by Crippen LogP contribution is -2.33. The highest BCUT2D eigenvalue weighted by Gasteiger charge is 2.11. The van der Waals surface area contributed by atoms with Crippen LogP contribution in [-0.2, 0) is 16.0 Å². The fourth-order valence-electron chi connectivity index (χ4n) is 1.95. The van der Waals surface area contributed by atoms with Crippen LogP contribution in [0.1, 0.15) is 45.1 Å². The molecule has 1 rings (SSSR count). The number of unbranched alkanes of at least 4 members (excludes halogenated alkanes) is 1. The molecule has 0 radical (unpaired) electrons. The summed E-state index contributed by atoms with van der Waals surface area (Å²) in [5.41, 5.74) is 2.08. The molecule has 1 atom stereocenters. The highest BCUT2D eigenvalue weighted by Crippen LogP contribution is 2.12. The quantitative estimate of drug-likeness (QED) is 0.653. The Balaban J connectivity index is 2.31. The van der Waals surface area contributed by atoms with E-state index >= 15 is 0 Å². The summed E-state index contributed by atoms with van der Waals surface area (Å²) in [5.74, 6) is -0.167. The number of halogens is 1. The van der Waals surface area contributed by atoms with Crippen LogP contribution >= 0.6 is 15.9 Å². The third kappa shape index (κ3) is 7.07. The number of benzene rings is 1. The van der Waals surface area contributed by atoms with Gasteiger partial charge >= 0.3 is 0 Å². The first-order valence-corrected chi connectivity index (χ1v) is 8.79. The second-order valence-electron chi connectivity index (χ2n) is 5.27. The van der Waals surface area contributed by atoms with Crippen LogP contribution in [0.2, 0.25) is 0 Å². The molecule has 0 aliphatic rings. The van der Waals surface area contributed by atoms with Gasteiger partial charge in [-0.15, -0.1) is 0 Å². The highest BCUT2D eigenvalue weighted by atomic mass is 79.9. The summed E-state index contributed by atoms with van der Waals surface area (Å²) >= 11 is 3.28. The smallest absolute Gasteiger partial charge is 0.233 e. The van der Waals surface area contributed by atoms with Crippen LogP contribution < -0.4 is 10.6 Å². The van der Waals surface area contributed by atoms with E-state index in [-0.39, 0.29) is 23.1 Å². The van der Waals surface area contributed by atoms with E-state index in [9.17, 15) is 9.59 Å². The number of aryl methyl sites for hydroxylation is 1. The van der Waals surface area contributed by atoms with E-state index in [1.807, 2.05) is 31.2 Å². The molecule has 0 aliphatic carbocycles. The monoisotopic (exact) mass is 368 g/mol. The van der Waals surface area contributed by atoms with E-state index in [1.165, 1.54) is 18.4 Å². The van der Waals surface area contributed by atoms with Gasteiger partial charge in [-0.2, -0.15) is 0 Å². The van der Waals surface area contributed by atoms with Crippen molar-refractivity contribution in [1.29, 1.82) is 0 Å². The Labute approximate surface area is 141 Å². The number of amides is 2. The molecule has 1 aromatic rings. The molecule has 0 unspecified atom stereocenters. The van der Waals surface area contributed by atoms with Crippen molar-refractivity contribution in [1.82, 2.24) is 5.32 Å². The maximum Gasteiger partial charge on any atom is 0.233 e. The summed E-state index contributed by atoms with van der Waals surface area (Å²) in [6, 6.07) is 7.94. The molecule has 0 spiro atoms. The van der Waals surface area contributed by atoms with E-state index in [0.717, 1.165) is 18.5 Å². The summed E-state index contributed by atoms with van der Waals surface area (Å²) in [6.45, 7) is 4.45. The number of alkyl halides is 1. The Morgan fingerprint density at radius 1 is 1.18 bits per heavy atom. The van der Waals surface area contributed by atoms with Crippen LogP contribution in [0.25, 0.3) is 0 Å². The van der Waals surface area contributed by atoms with Gasteiger partial charge in [0, 0.05) is 18.7 Å². The molecule has 0 aliphatic heterocycles. The molecule has 2 amide bonds. The second-order valence-corrected chi connectivity index (χ2v) is 6.37. The van der Waals surface area contributed by atoms with E-state index in [1.54, 1.807) is 0 Å². The Morgan fingerprint density at radius 2 is 1.86 bits per heavy atom. The predicted molar refractivity (Wildman–Crippen MR) is 94.3 cm³/mol. The third-order valence-corrected chi connectivity index (χ3v) is 4.41. The Kier molecular flexibility index (Phi) is 8.82. The van der Waals surface area contributed by atoms with Gasteiger partial charge < -0.3 is 10.6 Å². The zero-order valence-corrected chi connectivity index (χ0v) is 14.9. The minimum absolute atomic E-state index is 0.0735. The molecule has 0 heterocycles. The van der Waals surface area contributed by atoms with Crippen LogP contribution in [0, 0.1) is 0 Å². The minimum atomic E-state index is -0.189. The molecule has 5 heteroatoms. The number of carbonyl (C=O) groups is 2. The van der Waals surface area contributed by atoms with Crippen LogP contribution in [0.4, 0.5) is 5.69 Å². The first-order valence-electron chi connectivity index (χ1n) is 7.87. The summed E-state index contributed by atoms with van der Waals surface area (Å²) in [7, 11) is 0. The zero-order chi connectivity index (χ0) is 16.4. The molecule has 0 fully saturated rings. The largest absolute Gasteiger partial charge is 0.355 e. The van der Waals surface area contributed by atoms with Gasteiger partial charge in [-0.1, -0.05) is 48.3 Å². The van der Waals surface area contributed by atoms with E-state index < -0.39 is 0 Å². The molecular weight excluding hydrogens is 344 g/mol. The molecular formula is C17H25BrN2O2. The van der Waals surface area contributed by atoms with Crippen molar-refractivity contribution >= 4 is 33.4 Å². The van der Waals surface area contributed by atoms with E-state index in [4.69, 9.17) is 0 Å². The average Bonchev–Trinajstić information content (AvgIpc) is 2.53. The van der Waals surface area contributed by atoms with Crippen molar-refractivity contribution in [3.63, 3.8) is 0 Å². The lowest BCUT2D eigenvalue weighted by molar-refractivity contribution is -0.120. The van der Waals surface area contributed by atoms with Gasteiger partial charge in [0.2, 0.25) is 11.8 Å². The third-order valence-electron chi connectivity index (χ3n) is 3.35. The van der Waals surface area contributed by atoms with E-state index in [2.05, 4.69) is 33.5 Å². The summed E-state index contributed by atoms with van der Waals surface area (Å²) < 4.78 is 0. The van der Waals surface area contributed by atoms with Crippen LogP contribution in [0.5, 0.6) is 0 Å². The van der Waals surface area contributed by atoms with Gasteiger partial charge in [0.25, 0.3) is 0 Å². The summed E-state index contributed by atoms with van der Waals surface area (Å²) in [6.07, 6.45) is 4.42. The standard InChI is InChI=1S/C17H25BrN2O2/c1-3-5-6-13-7-9-14(10-8-13)20-16(21)11-12-19-17(22)15(18)4-2/h7-10,15H,3-6,11-12H2,1-2H3,(H,19,22)(H,20,21)/t15-/m0/s1. The SMILES string of the molecule is CCCCc1ccc(NC(=O)CCNC(=O)[C@@H](Br)CC)cc1. The zero-order valence-electron chi connectivity index (χ0n) is 13.3. The predicted octanol–water partition coefficient (Wildman–Crippen LogP) is 3.65. The Morgan fingerprint density at radius 3 is 2.45 bits per heavy atom. The Hall–Kier alpha value is -1.36. The van der Waals surface area contributed by atoms with Crippen LogP contribution in [-0.4, -0.2) is 23.2 Å². The number of anilines is 1. The average molecular weight is 369 g/mol. The lowest BCUT2D eigenvalue weighted by Gasteiger charge is -2.09. The fourth-order valence-corrected chi connectivity index (χ4v) is 2.12. The fraction of sp³-hybridized carbons (Fsp3) is 0.529. The molecule has 4 nitrogen and oxygen atoms in total. The molecule has 0 aromatic heterocycles. The molecule has 0 bridgehead atoms. The maximum atomic E-state index is 11.8. The molecule has 2 N–H and O–H groups in total. The van der Waals surface area contributed by atoms with Gasteiger partial charge in [0.1, 0.15) is 0 Å². The molecule has 122 valence electrons. The van der Waals surface area contributed by atoms with Crippen molar-refractivity contribution < 1.29 is 9.59 Å². The van der Waals surface area contributed by atoms with Gasteiger partial charge in [0.05, 0.1) is 4.83 Å². The number of nitrogens with one attached hydrogen (secondary N) is 2. The maximum absolute atomic E-state index is 11.8. The number of hydrogen-bond acceptors (Lipinski definition) is 2. The molecule has 0 saturated heterocycles. The molecule has 1 aromatic carbocycles. The summed E-state index contributed by atoms with van der Waals surface area (Å²) in [5, 5.41) is 5.58. The van der Waals surface area contributed by atoms with Gasteiger partial charge in [-0.25, -0.2) is 0 Å². The minimum Gasteiger partial charge on any atom is -0.355 e. The van der Waals surface area contributed by atoms with Crippen molar-refractivity contribution in [3.8, 4) is 0 Å².